The van der Waals surface area contributed by atoms with Crippen LogP contribution < -0.4 is 5.32 Å². The van der Waals surface area contributed by atoms with E-state index in [9.17, 15) is 14.4 Å². The Morgan fingerprint density at radius 2 is 2.00 bits per heavy atom. The van der Waals surface area contributed by atoms with Crippen LogP contribution in [0, 0.1) is 0 Å². The molecule has 8 nitrogen and oxygen atoms in total. The molecule has 3 aromatic rings. The molecule has 1 N–H and O–H groups in total. The van der Waals surface area contributed by atoms with Gasteiger partial charge in [-0.05, 0) is 6.07 Å². The maximum absolute atomic E-state index is 12.7. The van der Waals surface area contributed by atoms with Gasteiger partial charge in [0, 0.05) is 17.1 Å². The molecule has 1 aromatic carbocycles. The minimum absolute atomic E-state index is 0.268. The number of esters is 2. The zero-order valence-corrected chi connectivity index (χ0v) is 16.5. The Kier molecular flexibility index (Phi) is 5.96. The molecule has 2 heterocycles. The van der Waals surface area contributed by atoms with Gasteiger partial charge in [0.2, 0.25) is 0 Å². The third-order valence-electron chi connectivity index (χ3n) is 3.98. The molecule has 28 heavy (non-hydrogen) atoms. The second kappa shape index (κ2) is 8.41. The first-order valence-corrected chi connectivity index (χ1v) is 9.37. The summed E-state index contributed by atoms with van der Waals surface area (Å²) in [6, 6.07) is 6.09. The van der Waals surface area contributed by atoms with Gasteiger partial charge in [-0.1, -0.05) is 29.8 Å². The fourth-order valence-electron chi connectivity index (χ4n) is 2.56. The zero-order chi connectivity index (χ0) is 20.3. The van der Waals surface area contributed by atoms with Crippen molar-refractivity contribution in [2.45, 2.75) is 12.5 Å². The van der Waals surface area contributed by atoms with Crippen molar-refractivity contribution in [2.75, 3.05) is 14.2 Å². The Bertz CT molecular complexity index is 1040. The smallest absolute Gasteiger partial charge is 0.328 e. The lowest BCUT2D eigenvalue weighted by atomic mass is 10.2. The van der Waals surface area contributed by atoms with Crippen LogP contribution in [0.1, 0.15) is 16.9 Å². The van der Waals surface area contributed by atoms with Crippen LogP contribution >= 0.6 is 22.9 Å². The van der Waals surface area contributed by atoms with Gasteiger partial charge in [0.15, 0.2) is 4.96 Å². The monoisotopic (exact) mass is 421 g/mol. The van der Waals surface area contributed by atoms with Crippen molar-refractivity contribution < 1.29 is 23.9 Å². The number of methoxy groups -OCH3 is 2. The lowest BCUT2D eigenvalue weighted by molar-refractivity contribution is -0.149. The topological polar surface area (TPSA) is 99.0 Å². The van der Waals surface area contributed by atoms with E-state index in [-0.39, 0.29) is 12.1 Å². The molecule has 1 atom stereocenters. The number of amides is 1. The first kappa shape index (κ1) is 19.8. The van der Waals surface area contributed by atoms with Crippen LogP contribution in [0.5, 0.6) is 0 Å². The van der Waals surface area contributed by atoms with E-state index in [1.807, 2.05) is 18.2 Å². The molecule has 1 unspecified atom stereocenters. The molecule has 0 fully saturated rings. The van der Waals surface area contributed by atoms with Crippen molar-refractivity contribution in [3.8, 4) is 11.3 Å². The number of halogens is 1. The number of nitrogens with zero attached hydrogens (tertiary/aromatic N) is 2. The van der Waals surface area contributed by atoms with Gasteiger partial charge in [0.1, 0.15) is 11.7 Å². The van der Waals surface area contributed by atoms with Crippen LogP contribution in [0.4, 0.5) is 0 Å². The van der Waals surface area contributed by atoms with Crippen LogP contribution in [0.15, 0.2) is 35.8 Å². The Labute approximate surface area is 169 Å². The Hall–Kier alpha value is -2.91. The van der Waals surface area contributed by atoms with Crippen LogP contribution in [0.2, 0.25) is 5.02 Å². The van der Waals surface area contributed by atoms with Gasteiger partial charge in [-0.25, -0.2) is 9.78 Å². The van der Waals surface area contributed by atoms with Gasteiger partial charge in [0.05, 0.1) is 31.4 Å². The second-order valence-corrected chi connectivity index (χ2v) is 6.95. The molecule has 2 aromatic heterocycles. The fourth-order valence-corrected chi connectivity index (χ4v) is 3.65. The lowest BCUT2D eigenvalue weighted by Gasteiger charge is -2.15. The van der Waals surface area contributed by atoms with Crippen molar-refractivity contribution in [3.63, 3.8) is 0 Å². The van der Waals surface area contributed by atoms with Gasteiger partial charge >= 0.3 is 11.9 Å². The van der Waals surface area contributed by atoms with Crippen LogP contribution in [0.25, 0.3) is 16.2 Å². The summed E-state index contributed by atoms with van der Waals surface area (Å²) in [6.45, 7) is 0. The summed E-state index contributed by atoms with van der Waals surface area (Å²) < 4.78 is 10.8. The Morgan fingerprint density at radius 1 is 1.25 bits per heavy atom. The quantitative estimate of drug-likeness (QED) is 0.614. The summed E-state index contributed by atoms with van der Waals surface area (Å²) in [6.07, 6.45) is 1.35. The van der Waals surface area contributed by atoms with Gasteiger partial charge in [-0.2, -0.15) is 0 Å². The third kappa shape index (κ3) is 4.00. The molecule has 146 valence electrons. The standard InChI is InChI=1S/C18H16ClN3O5S/c1-26-15(23)7-12(17(25)27-2)20-16(24)14-9-28-18-21-13(8-22(14)18)10-5-3-4-6-11(10)19/h3-6,8-9,12H,7H2,1-2H3,(H,20,24). The molecule has 1 amide bonds. The number of carbonyl (C=O) groups excluding carboxylic acids is 3. The van der Waals surface area contributed by atoms with E-state index in [0.717, 1.165) is 5.56 Å². The third-order valence-corrected chi connectivity index (χ3v) is 5.15. The van der Waals surface area contributed by atoms with E-state index < -0.39 is 23.9 Å². The van der Waals surface area contributed by atoms with E-state index >= 15 is 0 Å². The molecular formula is C18H16ClN3O5S. The first-order chi connectivity index (χ1) is 13.4. The number of nitrogens with one attached hydrogen (secondary N) is 1. The predicted molar refractivity (Wildman–Crippen MR) is 103 cm³/mol. The molecule has 3 rings (SSSR count). The molecule has 10 heteroatoms. The zero-order valence-electron chi connectivity index (χ0n) is 15.0. The molecule has 0 bridgehead atoms. The van der Waals surface area contributed by atoms with Crippen molar-refractivity contribution in [1.29, 1.82) is 0 Å². The summed E-state index contributed by atoms with van der Waals surface area (Å²) in [4.78, 5) is 41.2. The molecule has 0 spiro atoms. The van der Waals surface area contributed by atoms with Gasteiger partial charge in [0.25, 0.3) is 5.91 Å². The van der Waals surface area contributed by atoms with Crippen molar-refractivity contribution in [3.05, 3.63) is 46.6 Å². The number of aromatic nitrogens is 2. The van der Waals surface area contributed by atoms with Gasteiger partial charge in [-0.3, -0.25) is 14.0 Å². The molecule has 0 aliphatic heterocycles. The number of thiazole rings is 1. The predicted octanol–water partition coefficient (Wildman–Crippen LogP) is 2.55. The number of benzene rings is 1. The van der Waals surface area contributed by atoms with Crippen LogP contribution in [-0.4, -0.2) is 47.5 Å². The van der Waals surface area contributed by atoms with E-state index in [4.69, 9.17) is 11.6 Å². The highest BCUT2D eigenvalue weighted by Gasteiger charge is 2.27. The van der Waals surface area contributed by atoms with Crippen LogP contribution in [-0.2, 0) is 19.1 Å². The van der Waals surface area contributed by atoms with Crippen molar-refractivity contribution in [2.24, 2.45) is 0 Å². The normalized spacial score (nSPS) is 11.8. The summed E-state index contributed by atoms with van der Waals surface area (Å²) in [5.74, 6) is -1.93. The highest BCUT2D eigenvalue weighted by Crippen LogP contribution is 2.29. The summed E-state index contributed by atoms with van der Waals surface area (Å²) in [5.41, 5.74) is 1.62. The Balaban J connectivity index is 1.88. The van der Waals surface area contributed by atoms with E-state index in [2.05, 4.69) is 19.8 Å². The number of imidazole rings is 1. The molecule has 0 aliphatic rings. The summed E-state index contributed by atoms with van der Waals surface area (Å²) >= 11 is 7.48. The minimum Gasteiger partial charge on any atom is -0.469 e. The molecule has 0 saturated heterocycles. The van der Waals surface area contributed by atoms with Crippen molar-refractivity contribution in [1.82, 2.24) is 14.7 Å². The highest BCUT2D eigenvalue weighted by molar-refractivity contribution is 7.15. The average molecular weight is 422 g/mol. The average Bonchev–Trinajstić information content (AvgIpc) is 3.27. The molecular weight excluding hydrogens is 406 g/mol. The summed E-state index contributed by atoms with van der Waals surface area (Å²) in [7, 11) is 2.37. The second-order valence-electron chi connectivity index (χ2n) is 5.71. The molecule has 0 radical (unpaired) electrons. The minimum atomic E-state index is -1.16. The number of ether oxygens (including phenoxy) is 2. The lowest BCUT2D eigenvalue weighted by Crippen LogP contribution is -2.43. The maximum atomic E-state index is 12.7. The van der Waals surface area contributed by atoms with Crippen molar-refractivity contribution >= 4 is 45.7 Å². The SMILES string of the molecule is COC(=O)CC(NC(=O)c1csc2nc(-c3ccccc3Cl)cn12)C(=O)OC. The number of fused-ring (bicyclic) bond motifs is 1. The van der Waals surface area contributed by atoms with Gasteiger partial charge < -0.3 is 14.8 Å². The van der Waals surface area contributed by atoms with E-state index in [1.54, 1.807) is 22.0 Å². The van der Waals surface area contributed by atoms with Gasteiger partial charge in [-0.15, -0.1) is 11.3 Å². The maximum Gasteiger partial charge on any atom is 0.328 e. The largest absolute Gasteiger partial charge is 0.469 e. The first-order valence-electron chi connectivity index (χ1n) is 8.11. The van der Waals surface area contributed by atoms with E-state index in [1.165, 1.54) is 25.6 Å². The Morgan fingerprint density at radius 3 is 2.68 bits per heavy atom. The molecule has 0 saturated carbocycles. The van der Waals surface area contributed by atoms with E-state index in [0.29, 0.717) is 15.7 Å². The fraction of sp³-hybridized carbons (Fsp3) is 0.222. The highest BCUT2D eigenvalue weighted by atomic mass is 35.5. The number of hydrogen-bond acceptors (Lipinski definition) is 7. The molecule has 0 aliphatic carbocycles. The number of hydrogen-bond donors (Lipinski definition) is 1. The summed E-state index contributed by atoms with van der Waals surface area (Å²) in [5, 5.41) is 4.66. The number of carbonyl (C=O) groups is 3. The number of rotatable bonds is 6. The van der Waals surface area contributed by atoms with Crippen LogP contribution in [0.3, 0.4) is 0 Å².